The van der Waals surface area contributed by atoms with E-state index in [0.717, 1.165) is 74.4 Å². The average Bonchev–Trinajstić information content (AvgIpc) is 2.94. The number of hydrogen-bond acceptors (Lipinski definition) is 6. The SMILES string of the molecule is CC[C@H]1CN2CCc3cc(CO)c(CO)cc3[C@@H]2C[C@@H]1C[C@@H]1c2cc(OC)c(OC)cc2CCN1C(=S)S.[Na+]. The number of thiol groups is 1. The maximum Gasteiger partial charge on any atom is 1.00 e. The Kier molecular flexibility index (Phi) is 10.7. The molecule has 0 spiro atoms. The van der Waals surface area contributed by atoms with Gasteiger partial charge in [-0.15, -0.1) is 12.6 Å². The number of fused-ring (bicyclic) bond motifs is 4. The summed E-state index contributed by atoms with van der Waals surface area (Å²) in [7, 11) is 3.38. The number of methoxy groups -OCH3 is 2. The van der Waals surface area contributed by atoms with Gasteiger partial charge < -0.3 is 24.6 Å². The Hall–Kier alpha value is -0.840. The fraction of sp³-hybridized carbons (Fsp3) is 0.567. The molecule has 6 nitrogen and oxygen atoms in total. The second kappa shape index (κ2) is 13.4. The van der Waals surface area contributed by atoms with Gasteiger partial charge >= 0.3 is 29.6 Å². The van der Waals surface area contributed by atoms with E-state index in [9.17, 15) is 10.2 Å². The Balaban J connectivity index is 0.00000353. The molecule has 0 saturated carbocycles. The Labute approximate surface area is 265 Å². The van der Waals surface area contributed by atoms with Gasteiger partial charge in [-0.2, -0.15) is 0 Å². The van der Waals surface area contributed by atoms with Gasteiger partial charge in [0, 0.05) is 25.7 Å². The first-order chi connectivity index (χ1) is 18.4. The third kappa shape index (κ3) is 6.05. The standard InChI is InChI=1S/C30H40N2O4S2.Na/c1-4-18-15-31-7-5-19-9-22(16-33)23(17-34)10-24(19)26(31)11-21(18)12-27-25-14-29(36-3)28(35-2)13-20(25)6-8-32(27)30(37)38;/h9-10,13-14,18,21,26-27,33-34H,4-8,11-12,15-17H2,1-3H3,(H,37,38);/q;+1/t18-,21+,26-,27+;/m0./s1. The number of aliphatic hydroxyl groups excluding tert-OH is 2. The predicted molar refractivity (Wildman–Crippen MR) is 157 cm³/mol. The van der Waals surface area contributed by atoms with Gasteiger partial charge in [0.2, 0.25) is 0 Å². The Morgan fingerprint density at radius 3 is 2.23 bits per heavy atom. The first-order valence-corrected chi connectivity index (χ1v) is 14.6. The van der Waals surface area contributed by atoms with E-state index in [-0.39, 0.29) is 48.8 Å². The van der Waals surface area contributed by atoms with Crippen molar-refractivity contribution in [3.63, 3.8) is 0 Å². The smallest absolute Gasteiger partial charge is 0.493 e. The molecule has 0 aliphatic carbocycles. The van der Waals surface area contributed by atoms with Crippen LogP contribution in [0.2, 0.25) is 0 Å². The summed E-state index contributed by atoms with van der Waals surface area (Å²) in [6.07, 6.45) is 5.10. The normalized spacial score (nSPS) is 24.2. The maximum atomic E-state index is 9.98. The summed E-state index contributed by atoms with van der Waals surface area (Å²) < 4.78 is 11.9. The van der Waals surface area contributed by atoms with Crippen LogP contribution >= 0.6 is 24.8 Å². The van der Waals surface area contributed by atoms with E-state index < -0.39 is 0 Å². The van der Waals surface area contributed by atoms with E-state index in [1.54, 1.807) is 14.2 Å². The van der Waals surface area contributed by atoms with Gasteiger partial charge in [-0.25, -0.2) is 0 Å². The van der Waals surface area contributed by atoms with Crippen molar-refractivity contribution in [2.75, 3.05) is 33.9 Å². The van der Waals surface area contributed by atoms with Gasteiger partial charge in [0.15, 0.2) is 11.5 Å². The summed E-state index contributed by atoms with van der Waals surface area (Å²) in [6.45, 7) is 5.21. The van der Waals surface area contributed by atoms with Gasteiger partial charge in [0.1, 0.15) is 4.32 Å². The van der Waals surface area contributed by atoms with Crippen molar-refractivity contribution >= 4 is 29.2 Å². The fourth-order valence-electron chi connectivity index (χ4n) is 7.17. The van der Waals surface area contributed by atoms with Gasteiger partial charge in [0.05, 0.1) is 33.5 Å². The molecule has 2 aromatic carbocycles. The molecule has 5 rings (SSSR count). The van der Waals surface area contributed by atoms with Crippen LogP contribution in [0.25, 0.3) is 0 Å². The minimum atomic E-state index is -0.0462. The molecule has 0 radical (unpaired) electrons. The number of nitrogens with zero attached hydrogens (tertiary/aromatic N) is 2. The molecule has 0 aromatic heterocycles. The Morgan fingerprint density at radius 1 is 0.949 bits per heavy atom. The minimum Gasteiger partial charge on any atom is -0.493 e. The predicted octanol–water partition coefficient (Wildman–Crippen LogP) is 1.84. The largest absolute Gasteiger partial charge is 1.00 e. The zero-order chi connectivity index (χ0) is 27.0. The summed E-state index contributed by atoms with van der Waals surface area (Å²) in [5.41, 5.74) is 6.90. The summed E-state index contributed by atoms with van der Waals surface area (Å²) in [4.78, 5) is 4.94. The van der Waals surface area contributed by atoms with Crippen molar-refractivity contribution in [2.24, 2.45) is 11.8 Å². The van der Waals surface area contributed by atoms with E-state index >= 15 is 0 Å². The second-order valence-corrected chi connectivity index (χ2v) is 12.1. The van der Waals surface area contributed by atoms with Crippen molar-refractivity contribution in [3.05, 3.63) is 57.6 Å². The third-order valence-corrected chi connectivity index (χ3v) is 9.72. The van der Waals surface area contributed by atoms with E-state index in [0.29, 0.717) is 22.2 Å². The summed E-state index contributed by atoms with van der Waals surface area (Å²) >= 11 is 10.3. The minimum absolute atomic E-state index is 0. The molecule has 2 aromatic rings. The van der Waals surface area contributed by atoms with Crippen molar-refractivity contribution < 1.29 is 49.2 Å². The molecule has 1 saturated heterocycles. The molecule has 0 unspecified atom stereocenters. The molecule has 1 fully saturated rings. The van der Waals surface area contributed by atoms with Crippen LogP contribution in [0.3, 0.4) is 0 Å². The van der Waals surface area contributed by atoms with Crippen LogP contribution < -0.4 is 39.0 Å². The Morgan fingerprint density at radius 2 is 1.59 bits per heavy atom. The second-order valence-electron chi connectivity index (χ2n) is 10.9. The zero-order valence-electron chi connectivity index (χ0n) is 23.7. The van der Waals surface area contributed by atoms with Crippen molar-refractivity contribution in [3.8, 4) is 11.5 Å². The van der Waals surface area contributed by atoms with Crippen molar-refractivity contribution in [1.29, 1.82) is 0 Å². The summed E-state index contributed by atoms with van der Waals surface area (Å²) in [5, 5.41) is 19.8. The van der Waals surface area contributed by atoms with Crippen molar-refractivity contribution in [1.82, 2.24) is 9.80 Å². The van der Waals surface area contributed by atoms with Crippen LogP contribution in [0.4, 0.5) is 0 Å². The molecule has 3 aliphatic rings. The van der Waals surface area contributed by atoms with Crippen molar-refractivity contribution in [2.45, 2.75) is 64.3 Å². The molecule has 4 atom stereocenters. The van der Waals surface area contributed by atoms with E-state index in [1.807, 2.05) is 0 Å². The van der Waals surface area contributed by atoms with E-state index in [4.69, 9.17) is 21.7 Å². The van der Waals surface area contributed by atoms with Gasteiger partial charge in [0.25, 0.3) is 0 Å². The number of benzene rings is 2. The molecule has 39 heavy (non-hydrogen) atoms. The number of rotatable bonds is 7. The monoisotopic (exact) mass is 579 g/mol. The molecule has 0 amide bonds. The number of hydrogen-bond donors (Lipinski definition) is 3. The number of ether oxygens (including phenoxy) is 2. The quantitative estimate of drug-likeness (QED) is 0.263. The van der Waals surface area contributed by atoms with Gasteiger partial charge in [-0.3, -0.25) is 4.90 Å². The number of thiocarbonyl (C=S) groups is 1. The molecule has 3 heterocycles. The first kappa shape index (κ1) is 31.1. The summed E-state index contributed by atoms with van der Waals surface area (Å²) in [6, 6.07) is 9.02. The fourth-order valence-corrected chi connectivity index (χ4v) is 7.63. The van der Waals surface area contributed by atoms with Crippen LogP contribution in [0.15, 0.2) is 24.3 Å². The topological polar surface area (TPSA) is 65.4 Å². The van der Waals surface area contributed by atoms with Crippen LogP contribution in [-0.2, 0) is 26.1 Å². The Bertz CT molecular complexity index is 1200. The molecule has 2 N–H and O–H groups in total. The van der Waals surface area contributed by atoms with Gasteiger partial charge in [-0.1, -0.05) is 37.7 Å². The molecule has 206 valence electrons. The maximum absolute atomic E-state index is 9.98. The summed E-state index contributed by atoms with van der Waals surface area (Å²) in [5.74, 6) is 2.63. The molecule has 0 bridgehead atoms. The van der Waals surface area contributed by atoms with Crippen LogP contribution in [0, 0.1) is 11.8 Å². The zero-order valence-corrected chi connectivity index (χ0v) is 27.4. The first-order valence-electron chi connectivity index (χ1n) is 13.8. The molecular formula is C30H40N2NaO4S2+. The molecular weight excluding hydrogens is 539 g/mol. The third-order valence-electron chi connectivity index (χ3n) is 9.23. The molecule has 3 aliphatic heterocycles. The number of piperidine rings is 1. The average molecular weight is 580 g/mol. The van der Waals surface area contributed by atoms with Crippen LogP contribution in [-0.4, -0.2) is 58.2 Å². The van der Waals surface area contributed by atoms with Gasteiger partial charge in [-0.05, 0) is 83.0 Å². The van der Waals surface area contributed by atoms with E-state index in [2.05, 4.69) is 53.6 Å². The van der Waals surface area contributed by atoms with Crippen LogP contribution in [0.1, 0.15) is 71.7 Å². The van der Waals surface area contributed by atoms with Crippen LogP contribution in [0.5, 0.6) is 11.5 Å². The number of aliphatic hydroxyl groups is 2. The van der Waals surface area contributed by atoms with E-state index in [1.165, 1.54) is 22.3 Å². The molecule has 9 heteroatoms.